The highest BCUT2D eigenvalue weighted by Crippen LogP contribution is 2.25. The number of ether oxygens (including phenoxy) is 1. The van der Waals surface area contributed by atoms with Crippen LogP contribution in [0.25, 0.3) is 0 Å². The van der Waals surface area contributed by atoms with Gasteiger partial charge in [-0.05, 0) is 53.0 Å². The first-order valence-corrected chi connectivity index (χ1v) is 6.51. The van der Waals surface area contributed by atoms with Gasteiger partial charge >= 0.3 is 0 Å². The van der Waals surface area contributed by atoms with Crippen molar-refractivity contribution in [3.8, 4) is 5.75 Å². The van der Waals surface area contributed by atoms with Gasteiger partial charge in [0, 0.05) is 5.56 Å². The predicted octanol–water partition coefficient (Wildman–Crippen LogP) is 4.78. The fraction of sp³-hybridized carbons (Fsp3) is 0.200. The molecule has 18 heavy (non-hydrogen) atoms. The SMILES string of the molecule is Cc1cccc(OCc2cccc(F)c2Br)c1C. The summed E-state index contributed by atoms with van der Waals surface area (Å²) in [5, 5.41) is 0. The third-order valence-corrected chi connectivity index (χ3v) is 3.86. The molecule has 0 saturated heterocycles. The van der Waals surface area contributed by atoms with Gasteiger partial charge in [0.25, 0.3) is 0 Å². The molecule has 3 heteroatoms. The van der Waals surface area contributed by atoms with E-state index in [1.165, 1.54) is 11.6 Å². The normalized spacial score (nSPS) is 10.4. The van der Waals surface area contributed by atoms with E-state index in [1.807, 2.05) is 38.1 Å². The van der Waals surface area contributed by atoms with Crippen molar-refractivity contribution >= 4 is 15.9 Å². The molecule has 2 aromatic carbocycles. The van der Waals surface area contributed by atoms with Crippen LogP contribution in [-0.2, 0) is 6.61 Å². The van der Waals surface area contributed by atoms with E-state index in [9.17, 15) is 4.39 Å². The highest BCUT2D eigenvalue weighted by molar-refractivity contribution is 9.10. The summed E-state index contributed by atoms with van der Waals surface area (Å²) < 4.78 is 19.6. The molecular weight excluding hydrogens is 295 g/mol. The van der Waals surface area contributed by atoms with Crippen molar-refractivity contribution in [1.82, 2.24) is 0 Å². The number of hydrogen-bond acceptors (Lipinski definition) is 1. The second kappa shape index (κ2) is 5.53. The Morgan fingerprint density at radius 3 is 2.61 bits per heavy atom. The minimum atomic E-state index is -0.267. The van der Waals surface area contributed by atoms with Gasteiger partial charge in [0.1, 0.15) is 18.2 Å². The Kier molecular flexibility index (Phi) is 4.02. The molecule has 0 N–H and O–H groups in total. The second-order valence-corrected chi connectivity index (χ2v) is 4.99. The molecule has 0 aliphatic rings. The predicted molar refractivity (Wildman–Crippen MR) is 74.3 cm³/mol. The first-order valence-electron chi connectivity index (χ1n) is 5.71. The molecule has 0 aliphatic heterocycles. The maximum Gasteiger partial charge on any atom is 0.137 e. The molecule has 2 aromatic rings. The lowest BCUT2D eigenvalue weighted by molar-refractivity contribution is 0.302. The van der Waals surface area contributed by atoms with Crippen molar-refractivity contribution in [3.63, 3.8) is 0 Å². The molecule has 0 saturated carbocycles. The van der Waals surface area contributed by atoms with E-state index in [4.69, 9.17) is 4.74 Å². The van der Waals surface area contributed by atoms with E-state index in [2.05, 4.69) is 15.9 Å². The van der Waals surface area contributed by atoms with E-state index < -0.39 is 0 Å². The lowest BCUT2D eigenvalue weighted by Gasteiger charge is -2.12. The quantitative estimate of drug-likeness (QED) is 0.792. The topological polar surface area (TPSA) is 9.23 Å². The third kappa shape index (κ3) is 2.72. The number of rotatable bonds is 3. The summed E-state index contributed by atoms with van der Waals surface area (Å²) in [6, 6.07) is 10.9. The van der Waals surface area contributed by atoms with Gasteiger partial charge in [0.05, 0.1) is 4.47 Å². The Balaban J connectivity index is 2.17. The molecule has 0 spiro atoms. The minimum Gasteiger partial charge on any atom is -0.489 e. The molecule has 0 amide bonds. The van der Waals surface area contributed by atoms with Crippen LogP contribution < -0.4 is 4.74 Å². The zero-order chi connectivity index (χ0) is 13.1. The van der Waals surface area contributed by atoms with Crippen molar-refractivity contribution in [2.45, 2.75) is 20.5 Å². The van der Waals surface area contributed by atoms with Gasteiger partial charge in [-0.1, -0.05) is 24.3 Å². The van der Waals surface area contributed by atoms with E-state index in [-0.39, 0.29) is 5.82 Å². The Labute approximate surface area is 115 Å². The molecule has 0 bridgehead atoms. The summed E-state index contributed by atoms with van der Waals surface area (Å²) >= 11 is 3.23. The van der Waals surface area contributed by atoms with Crippen LogP contribution in [0.4, 0.5) is 4.39 Å². The highest BCUT2D eigenvalue weighted by Gasteiger charge is 2.07. The molecule has 0 heterocycles. The number of aryl methyl sites for hydroxylation is 1. The molecule has 2 rings (SSSR count). The smallest absolute Gasteiger partial charge is 0.137 e. The summed E-state index contributed by atoms with van der Waals surface area (Å²) in [5.74, 6) is 0.572. The summed E-state index contributed by atoms with van der Waals surface area (Å²) in [6.07, 6.45) is 0. The fourth-order valence-corrected chi connectivity index (χ4v) is 2.07. The van der Waals surface area contributed by atoms with Crippen LogP contribution in [0.3, 0.4) is 0 Å². The number of hydrogen-bond donors (Lipinski definition) is 0. The Bertz CT molecular complexity index is 515. The van der Waals surface area contributed by atoms with Gasteiger partial charge in [-0.3, -0.25) is 0 Å². The monoisotopic (exact) mass is 308 g/mol. The van der Waals surface area contributed by atoms with Crippen LogP contribution in [0, 0.1) is 19.7 Å². The van der Waals surface area contributed by atoms with E-state index in [0.717, 1.165) is 16.9 Å². The fourth-order valence-electron chi connectivity index (χ4n) is 1.70. The molecule has 0 unspecified atom stereocenters. The third-order valence-electron chi connectivity index (χ3n) is 2.97. The van der Waals surface area contributed by atoms with Crippen LogP contribution >= 0.6 is 15.9 Å². The van der Waals surface area contributed by atoms with Crippen LogP contribution in [-0.4, -0.2) is 0 Å². The first-order chi connectivity index (χ1) is 8.59. The lowest BCUT2D eigenvalue weighted by Crippen LogP contribution is -1.99. The van der Waals surface area contributed by atoms with Gasteiger partial charge in [-0.2, -0.15) is 0 Å². The number of halogens is 2. The Hall–Kier alpha value is -1.35. The van der Waals surface area contributed by atoms with Gasteiger partial charge in [-0.25, -0.2) is 4.39 Å². The summed E-state index contributed by atoms with van der Waals surface area (Å²) in [4.78, 5) is 0. The van der Waals surface area contributed by atoms with Crippen LogP contribution in [0.1, 0.15) is 16.7 Å². The second-order valence-electron chi connectivity index (χ2n) is 4.20. The Morgan fingerprint density at radius 1 is 1.11 bits per heavy atom. The van der Waals surface area contributed by atoms with Crippen molar-refractivity contribution in [1.29, 1.82) is 0 Å². The molecule has 0 aliphatic carbocycles. The van der Waals surface area contributed by atoms with E-state index in [0.29, 0.717) is 11.1 Å². The van der Waals surface area contributed by atoms with Gasteiger partial charge in [0.2, 0.25) is 0 Å². The van der Waals surface area contributed by atoms with Crippen molar-refractivity contribution in [2.75, 3.05) is 0 Å². The van der Waals surface area contributed by atoms with Crippen molar-refractivity contribution < 1.29 is 9.13 Å². The van der Waals surface area contributed by atoms with Crippen molar-refractivity contribution in [2.24, 2.45) is 0 Å². The average molecular weight is 309 g/mol. The highest BCUT2D eigenvalue weighted by atomic mass is 79.9. The first kappa shape index (κ1) is 13.1. The molecule has 0 fully saturated rings. The van der Waals surface area contributed by atoms with Crippen molar-refractivity contribution in [3.05, 3.63) is 63.4 Å². The molecular formula is C15H14BrFO. The van der Waals surface area contributed by atoms with Crippen LogP contribution in [0.5, 0.6) is 5.75 Å². The number of benzene rings is 2. The maximum absolute atomic E-state index is 13.3. The maximum atomic E-state index is 13.3. The summed E-state index contributed by atoms with van der Waals surface area (Å²) in [6.45, 7) is 4.41. The largest absolute Gasteiger partial charge is 0.489 e. The molecule has 0 aromatic heterocycles. The van der Waals surface area contributed by atoms with Gasteiger partial charge in [-0.15, -0.1) is 0 Å². The summed E-state index contributed by atoms with van der Waals surface area (Å²) in [7, 11) is 0. The van der Waals surface area contributed by atoms with Crippen LogP contribution in [0.15, 0.2) is 40.9 Å². The lowest BCUT2D eigenvalue weighted by atomic mass is 10.1. The molecule has 0 atom stereocenters. The van der Waals surface area contributed by atoms with E-state index >= 15 is 0 Å². The zero-order valence-electron chi connectivity index (χ0n) is 10.3. The summed E-state index contributed by atoms with van der Waals surface area (Å²) in [5.41, 5.74) is 3.10. The van der Waals surface area contributed by atoms with Gasteiger partial charge < -0.3 is 4.74 Å². The molecule has 0 radical (unpaired) electrons. The minimum absolute atomic E-state index is 0.267. The Morgan fingerprint density at radius 2 is 1.83 bits per heavy atom. The van der Waals surface area contributed by atoms with Crippen LogP contribution in [0.2, 0.25) is 0 Å². The van der Waals surface area contributed by atoms with Gasteiger partial charge in [0.15, 0.2) is 0 Å². The standard InChI is InChI=1S/C15H14BrFO/c1-10-5-3-8-14(11(10)2)18-9-12-6-4-7-13(17)15(12)16/h3-8H,9H2,1-2H3. The zero-order valence-corrected chi connectivity index (χ0v) is 11.9. The average Bonchev–Trinajstić information content (AvgIpc) is 2.36. The van der Waals surface area contributed by atoms with E-state index in [1.54, 1.807) is 6.07 Å². The molecule has 94 valence electrons. The molecule has 1 nitrogen and oxygen atoms in total.